The summed E-state index contributed by atoms with van der Waals surface area (Å²) < 4.78 is 0. The molecule has 1 aromatic carbocycles. The molecule has 0 N–H and O–H groups in total. The van der Waals surface area contributed by atoms with Gasteiger partial charge in [-0.25, -0.2) is 0 Å². The van der Waals surface area contributed by atoms with Crippen molar-refractivity contribution in [2.75, 3.05) is 5.88 Å². The van der Waals surface area contributed by atoms with Crippen molar-refractivity contribution in [1.29, 1.82) is 0 Å². The Morgan fingerprint density at radius 3 is 2.83 bits per heavy atom. The van der Waals surface area contributed by atoms with E-state index in [9.17, 15) is 4.91 Å². The monoisotopic (exact) mass is 183 g/mol. The predicted molar refractivity (Wildman–Crippen MR) is 51.1 cm³/mol. The van der Waals surface area contributed by atoms with Crippen LogP contribution in [-0.4, -0.2) is 5.88 Å². The molecule has 0 heterocycles. The SMILES string of the molecule is Cc1ccc(N=O)c(CCCl)c1. The molecule has 0 saturated heterocycles. The molecule has 0 bridgehead atoms. The summed E-state index contributed by atoms with van der Waals surface area (Å²) in [4.78, 5) is 10.3. The normalized spacial score (nSPS) is 9.83. The van der Waals surface area contributed by atoms with Gasteiger partial charge in [-0.2, -0.15) is 0 Å². The van der Waals surface area contributed by atoms with Crippen LogP contribution in [0.2, 0.25) is 0 Å². The number of rotatable bonds is 3. The molecule has 0 fully saturated rings. The predicted octanol–water partition coefficient (Wildman–Crippen LogP) is 3.17. The molecule has 0 aromatic heterocycles. The summed E-state index contributed by atoms with van der Waals surface area (Å²) in [5.41, 5.74) is 2.56. The van der Waals surface area contributed by atoms with E-state index in [2.05, 4.69) is 5.18 Å². The van der Waals surface area contributed by atoms with Crippen LogP contribution in [0, 0.1) is 11.8 Å². The van der Waals surface area contributed by atoms with Crippen LogP contribution in [0.25, 0.3) is 0 Å². The Morgan fingerprint density at radius 2 is 2.25 bits per heavy atom. The Labute approximate surface area is 76.5 Å². The van der Waals surface area contributed by atoms with Crippen molar-refractivity contribution in [3.05, 3.63) is 34.2 Å². The lowest BCUT2D eigenvalue weighted by molar-refractivity contribution is 1.13. The fraction of sp³-hybridized carbons (Fsp3) is 0.333. The summed E-state index contributed by atoms with van der Waals surface area (Å²) in [7, 11) is 0. The lowest BCUT2D eigenvalue weighted by Gasteiger charge is -2.01. The van der Waals surface area contributed by atoms with Crippen LogP contribution in [0.4, 0.5) is 5.69 Å². The molecule has 0 atom stereocenters. The maximum Gasteiger partial charge on any atom is 0.111 e. The Balaban J connectivity index is 3.03. The van der Waals surface area contributed by atoms with Crippen molar-refractivity contribution in [2.24, 2.45) is 5.18 Å². The molecule has 1 rings (SSSR count). The third-order valence-corrected chi connectivity index (χ3v) is 1.89. The number of hydrogen-bond donors (Lipinski definition) is 0. The molecular weight excluding hydrogens is 174 g/mol. The molecule has 0 aliphatic rings. The highest BCUT2D eigenvalue weighted by atomic mass is 35.5. The molecule has 0 unspecified atom stereocenters. The smallest absolute Gasteiger partial charge is 0.111 e. The molecule has 0 amide bonds. The van der Waals surface area contributed by atoms with E-state index >= 15 is 0 Å². The number of halogens is 1. The van der Waals surface area contributed by atoms with Gasteiger partial charge in [-0.15, -0.1) is 16.5 Å². The molecule has 3 heteroatoms. The van der Waals surface area contributed by atoms with Gasteiger partial charge in [0.25, 0.3) is 0 Å². The average molecular weight is 184 g/mol. The first-order chi connectivity index (χ1) is 5.77. The maximum absolute atomic E-state index is 10.3. The number of alkyl halides is 1. The van der Waals surface area contributed by atoms with E-state index in [1.165, 1.54) is 0 Å². The summed E-state index contributed by atoms with van der Waals surface area (Å²) in [5, 5.41) is 2.92. The number of aryl methyl sites for hydroxylation is 2. The highest BCUT2D eigenvalue weighted by molar-refractivity contribution is 6.18. The summed E-state index contributed by atoms with van der Waals surface area (Å²) in [6.45, 7) is 1.98. The minimum Gasteiger partial charge on any atom is -0.145 e. The van der Waals surface area contributed by atoms with Gasteiger partial charge < -0.3 is 0 Å². The molecular formula is C9H10ClNO. The van der Waals surface area contributed by atoms with Crippen molar-refractivity contribution in [3.63, 3.8) is 0 Å². The van der Waals surface area contributed by atoms with Crippen molar-refractivity contribution in [1.82, 2.24) is 0 Å². The van der Waals surface area contributed by atoms with Gasteiger partial charge in [-0.05, 0) is 30.2 Å². The third-order valence-electron chi connectivity index (χ3n) is 1.70. The average Bonchev–Trinajstić information content (AvgIpc) is 2.05. The van der Waals surface area contributed by atoms with E-state index in [1.807, 2.05) is 19.1 Å². The topological polar surface area (TPSA) is 29.4 Å². The van der Waals surface area contributed by atoms with Gasteiger partial charge in [0.2, 0.25) is 0 Å². The van der Waals surface area contributed by atoms with Crippen LogP contribution >= 0.6 is 11.6 Å². The lowest BCUT2D eigenvalue weighted by Crippen LogP contribution is -1.87. The van der Waals surface area contributed by atoms with Crippen LogP contribution in [-0.2, 0) is 6.42 Å². The number of nitrogens with zero attached hydrogens (tertiary/aromatic N) is 1. The fourth-order valence-corrected chi connectivity index (χ4v) is 1.31. The van der Waals surface area contributed by atoms with Gasteiger partial charge in [0.15, 0.2) is 0 Å². The van der Waals surface area contributed by atoms with E-state index in [0.717, 1.165) is 11.1 Å². The largest absolute Gasteiger partial charge is 0.145 e. The minimum absolute atomic E-state index is 0.501. The molecule has 64 valence electrons. The second kappa shape index (κ2) is 4.21. The quantitative estimate of drug-likeness (QED) is 0.523. The van der Waals surface area contributed by atoms with Gasteiger partial charge in [-0.3, -0.25) is 0 Å². The fourth-order valence-electron chi connectivity index (χ4n) is 1.11. The molecule has 0 aliphatic carbocycles. The van der Waals surface area contributed by atoms with Crippen molar-refractivity contribution in [2.45, 2.75) is 13.3 Å². The van der Waals surface area contributed by atoms with E-state index in [1.54, 1.807) is 6.07 Å². The molecule has 0 radical (unpaired) electrons. The standard InChI is InChI=1S/C9H10ClNO/c1-7-2-3-9(11-12)8(6-7)4-5-10/h2-3,6H,4-5H2,1H3. The first-order valence-electron chi connectivity index (χ1n) is 3.77. The zero-order chi connectivity index (χ0) is 8.97. The second-order valence-corrected chi connectivity index (χ2v) is 3.04. The molecule has 0 aliphatic heterocycles. The molecule has 0 saturated carbocycles. The van der Waals surface area contributed by atoms with Gasteiger partial charge in [0, 0.05) is 5.88 Å². The van der Waals surface area contributed by atoms with Gasteiger partial charge in [-0.1, -0.05) is 17.7 Å². The van der Waals surface area contributed by atoms with Crippen molar-refractivity contribution >= 4 is 17.3 Å². The first kappa shape index (κ1) is 9.20. The van der Waals surface area contributed by atoms with E-state index < -0.39 is 0 Å². The summed E-state index contributed by atoms with van der Waals surface area (Å²) in [6, 6.07) is 5.54. The first-order valence-corrected chi connectivity index (χ1v) is 4.30. The van der Waals surface area contributed by atoms with E-state index in [4.69, 9.17) is 11.6 Å². The zero-order valence-corrected chi connectivity index (χ0v) is 7.64. The number of hydrogen-bond acceptors (Lipinski definition) is 2. The summed E-state index contributed by atoms with van der Waals surface area (Å²) in [5.74, 6) is 0.520. The summed E-state index contributed by atoms with van der Waals surface area (Å²) >= 11 is 5.57. The molecule has 0 spiro atoms. The van der Waals surface area contributed by atoms with Gasteiger partial charge in [0.05, 0.1) is 0 Å². The van der Waals surface area contributed by atoms with Crippen molar-refractivity contribution < 1.29 is 0 Å². The second-order valence-electron chi connectivity index (χ2n) is 2.66. The summed E-state index contributed by atoms with van der Waals surface area (Å²) in [6.07, 6.45) is 0.699. The number of nitroso groups, excluding NO2 is 1. The number of benzene rings is 1. The van der Waals surface area contributed by atoms with Crippen LogP contribution < -0.4 is 0 Å². The maximum atomic E-state index is 10.3. The van der Waals surface area contributed by atoms with E-state index in [-0.39, 0.29) is 0 Å². The van der Waals surface area contributed by atoms with Gasteiger partial charge in [0.1, 0.15) is 5.69 Å². The Kier molecular flexibility index (Phi) is 3.23. The van der Waals surface area contributed by atoms with Crippen LogP contribution in [0.15, 0.2) is 23.4 Å². The van der Waals surface area contributed by atoms with Crippen LogP contribution in [0.5, 0.6) is 0 Å². The molecule has 12 heavy (non-hydrogen) atoms. The van der Waals surface area contributed by atoms with Crippen molar-refractivity contribution in [3.8, 4) is 0 Å². The van der Waals surface area contributed by atoms with Gasteiger partial charge >= 0.3 is 0 Å². The zero-order valence-electron chi connectivity index (χ0n) is 6.88. The molecule has 1 aromatic rings. The minimum atomic E-state index is 0.501. The highest BCUT2D eigenvalue weighted by Gasteiger charge is 2.01. The van der Waals surface area contributed by atoms with E-state index in [0.29, 0.717) is 18.0 Å². The molecule has 2 nitrogen and oxygen atoms in total. The highest BCUT2D eigenvalue weighted by Crippen LogP contribution is 2.20. The third kappa shape index (κ3) is 2.05. The lowest BCUT2D eigenvalue weighted by atomic mass is 10.1. The Bertz CT molecular complexity index is 286. The Morgan fingerprint density at radius 1 is 1.50 bits per heavy atom. The Hall–Kier alpha value is -0.890. The van der Waals surface area contributed by atoms with Crippen LogP contribution in [0.1, 0.15) is 11.1 Å². The van der Waals surface area contributed by atoms with Crippen LogP contribution in [0.3, 0.4) is 0 Å².